The molecule has 3 nitrogen and oxygen atoms in total. The third-order valence-corrected chi connectivity index (χ3v) is 3.14. The van der Waals surface area contributed by atoms with Crippen LogP contribution < -0.4 is 11.1 Å². The monoisotopic (exact) mass is 282 g/mol. The first-order chi connectivity index (χ1) is 9.39. The smallest absolute Gasteiger partial charge is 0.338 e. The molecule has 0 atom stereocenters. The summed E-state index contributed by atoms with van der Waals surface area (Å²) in [5, 5.41) is 2.08. The van der Waals surface area contributed by atoms with Crippen molar-refractivity contribution in [1.29, 1.82) is 0 Å². The van der Waals surface area contributed by atoms with Crippen LogP contribution in [0, 0.1) is 11.8 Å². The van der Waals surface area contributed by atoms with E-state index < -0.39 is 17.6 Å². The summed E-state index contributed by atoms with van der Waals surface area (Å²) in [4.78, 5) is 12.0. The topological polar surface area (TPSA) is 55.1 Å². The van der Waals surface area contributed by atoms with Gasteiger partial charge in [0, 0.05) is 5.56 Å². The molecule has 2 rings (SSSR count). The van der Waals surface area contributed by atoms with Gasteiger partial charge in [0.2, 0.25) is 0 Å². The highest BCUT2D eigenvalue weighted by molar-refractivity contribution is 5.97. The summed E-state index contributed by atoms with van der Waals surface area (Å²) >= 11 is 0. The highest BCUT2D eigenvalue weighted by Gasteiger charge is 2.64. The fraction of sp³-hybridized carbons (Fsp3) is 0.357. The minimum absolute atomic E-state index is 0.0844. The van der Waals surface area contributed by atoms with E-state index in [2.05, 4.69) is 17.2 Å². The second kappa shape index (κ2) is 5.17. The molecule has 20 heavy (non-hydrogen) atoms. The number of rotatable bonds is 2. The van der Waals surface area contributed by atoms with Gasteiger partial charge in [0.15, 0.2) is 0 Å². The van der Waals surface area contributed by atoms with E-state index in [4.69, 9.17) is 5.73 Å². The number of nitrogens with one attached hydrogen (secondary N) is 1. The van der Waals surface area contributed by atoms with E-state index in [1.165, 1.54) is 6.07 Å². The minimum Gasteiger partial charge on any atom is -0.338 e. The maximum Gasteiger partial charge on any atom is 0.411 e. The molecular weight excluding hydrogens is 269 g/mol. The van der Waals surface area contributed by atoms with Crippen molar-refractivity contribution in [3.63, 3.8) is 0 Å². The van der Waals surface area contributed by atoms with Gasteiger partial charge in [0.25, 0.3) is 5.91 Å². The zero-order valence-electron chi connectivity index (χ0n) is 10.6. The molecule has 0 bridgehead atoms. The lowest BCUT2D eigenvalue weighted by atomic mass is 10.1. The quantitative estimate of drug-likeness (QED) is 0.813. The number of carbonyl (C=O) groups is 1. The molecule has 6 heteroatoms. The summed E-state index contributed by atoms with van der Waals surface area (Å²) < 4.78 is 38.4. The minimum atomic E-state index is -4.43. The fourth-order valence-corrected chi connectivity index (χ4v) is 1.83. The van der Waals surface area contributed by atoms with Gasteiger partial charge in [-0.15, -0.1) is 0 Å². The van der Waals surface area contributed by atoms with Crippen LogP contribution in [0.15, 0.2) is 24.3 Å². The van der Waals surface area contributed by atoms with Crippen LogP contribution >= 0.6 is 0 Å². The Morgan fingerprint density at radius 3 is 2.55 bits per heavy atom. The Bertz CT molecular complexity index is 580. The summed E-state index contributed by atoms with van der Waals surface area (Å²) in [5.74, 6) is 4.50. The van der Waals surface area contributed by atoms with Gasteiger partial charge in [-0.2, -0.15) is 13.2 Å². The van der Waals surface area contributed by atoms with E-state index in [1.54, 1.807) is 18.2 Å². The zero-order chi connectivity index (χ0) is 14.8. The average Bonchev–Trinajstić information content (AvgIpc) is 3.17. The molecule has 3 N–H and O–H groups in total. The molecule has 1 amide bonds. The van der Waals surface area contributed by atoms with Crippen LogP contribution in [-0.2, 0) is 0 Å². The number of alkyl halides is 3. The highest BCUT2D eigenvalue weighted by Crippen LogP contribution is 2.49. The molecule has 1 aliphatic rings. The molecule has 1 aromatic rings. The van der Waals surface area contributed by atoms with Crippen molar-refractivity contribution < 1.29 is 18.0 Å². The lowest BCUT2D eigenvalue weighted by molar-refractivity contribution is -0.163. The van der Waals surface area contributed by atoms with E-state index in [1.807, 2.05) is 0 Å². The molecule has 106 valence electrons. The standard InChI is InChI=1S/C14H13F3N2O/c15-14(16,17)13(7-8-13)19-12(20)11-6-2-1-4-10(11)5-3-9-18/h1-2,4,6H,7-9,18H2,(H,19,20). The van der Waals surface area contributed by atoms with E-state index in [0.717, 1.165) is 0 Å². The predicted octanol–water partition coefficient (Wildman–Crippen LogP) is 1.82. The molecule has 0 unspecified atom stereocenters. The maximum absolute atomic E-state index is 12.8. The van der Waals surface area contributed by atoms with Gasteiger partial charge in [0.05, 0.1) is 12.1 Å². The number of halogens is 3. The Balaban J connectivity index is 2.23. The van der Waals surface area contributed by atoms with Gasteiger partial charge >= 0.3 is 6.18 Å². The molecule has 0 saturated heterocycles. The van der Waals surface area contributed by atoms with Crippen LogP contribution in [0.4, 0.5) is 13.2 Å². The first-order valence-electron chi connectivity index (χ1n) is 6.07. The van der Waals surface area contributed by atoms with E-state index in [-0.39, 0.29) is 24.9 Å². The molecule has 0 radical (unpaired) electrons. The van der Waals surface area contributed by atoms with E-state index in [0.29, 0.717) is 5.56 Å². The van der Waals surface area contributed by atoms with Gasteiger partial charge in [-0.3, -0.25) is 4.79 Å². The van der Waals surface area contributed by atoms with Crippen molar-refractivity contribution in [2.75, 3.05) is 6.54 Å². The second-order valence-corrected chi connectivity index (χ2v) is 4.59. The second-order valence-electron chi connectivity index (χ2n) is 4.59. The lowest BCUT2D eigenvalue weighted by Gasteiger charge is -2.21. The van der Waals surface area contributed by atoms with E-state index >= 15 is 0 Å². The summed E-state index contributed by atoms with van der Waals surface area (Å²) in [6.07, 6.45) is -4.60. The Morgan fingerprint density at radius 2 is 2.00 bits per heavy atom. The van der Waals surface area contributed by atoms with Crippen LogP contribution in [0.1, 0.15) is 28.8 Å². The van der Waals surface area contributed by atoms with Crippen LogP contribution in [0.5, 0.6) is 0 Å². The summed E-state index contributed by atoms with van der Waals surface area (Å²) in [6, 6.07) is 6.26. The van der Waals surface area contributed by atoms with E-state index in [9.17, 15) is 18.0 Å². The first kappa shape index (κ1) is 14.4. The summed E-state index contributed by atoms with van der Waals surface area (Å²) in [6.45, 7) is 0.114. The van der Waals surface area contributed by atoms with Gasteiger partial charge in [-0.05, 0) is 25.0 Å². The molecule has 0 aromatic heterocycles. The average molecular weight is 282 g/mol. The van der Waals surface area contributed by atoms with Crippen LogP contribution in [0.2, 0.25) is 0 Å². The van der Waals surface area contributed by atoms with Gasteiger partial charge in [0.1, 0.15) is 5.54 Å². The van der Waals surface area contributed by atoms with Crippen molar-refractivity contribution in [3.8, 4) is 11.8 Å². The Hall–Kier alpha value is -2.00. The van der Waals surface area contributed by atoms with Crippen LogP contribution in [0.25, 0.3) is 0 Å². The molecule has 0 spiro atoms. The Morgan fingerprint density at radius 1 is 1.35 bits per heavy atom. The van der Waals surface area contributed by atoms with Crippen molar-refractivity contribution in [1.82, 2.24) is 5.32 Å². The molecule has 0 heterocycles. The lowest BCUT2D eigenvalue weighted by Crippen LogP contribution is -2.48. The molecule has 1 aliphatic carbocycles. The third kappa shape index (κ3) is 2.78. The number of nitrogens with two attached hydrogens (primary N) is 1. The summed E-state index contributed by atoms with van der Waals surface area (Å²) in [7, 11) is 0. The maximum atomic E-state index is 12.8. The van der Waals surface area contributed by atoms with Gasteiger partial charge in [-0.1, -0.05) is 24.0 Å². The predicted molar refractivity (Wildman–Crippen MR) is 67.9 cm³/mol. The number of carbonyl (C=O) groups excluding carboxylic acids is 1. The molecular formula is C14H13F3N2O. The first-order valence-corrected chi connectivity index (χ1v) is 6.07. The molecule has 1 saturated carbocycles. The zero-order valence-corrected chi connectivity index (χ0v) is 10.6. The van der Waals surface area contributed by atoms with Crippen molar-refractivity contribution in [3.05, 3.63) is 35.4 Å². The normalized spacial score (nSPS) is 16.0. The molecule has 1 aromatic carbocycles. The summed E-state index contributed by atoms with van der Waals surface area (Å²) in [5.41, 5.74) is 3.68. The largest absolute Gasteiger partial charge is 0.411 e. The number of amides is 1. The number of hydrogen-bond donors (Lipinski definition) is 2. The van der Waals surface area contributed by atoms with Gasteiger partial charge in [-0.25, -0.2) is 0 Å². The highest BCUT2D eigenvalue weighted by atomic mass is 19.4. The number of benzene rings is 1. The SMILES string of the molecule is NCC#Cc1ccccc1C(=O)NC1(C(F)(F)F)CC1. The van der Waals surface area contributed by atoms with Gasteiger partial charge < -0.3 is 11.1 Å². The Kier molecular flexibility index (Phi) is 3.73. The molecule has 0 aliphatic heterocycles. The van der Waals surface area contributed by atoms with Crippen LogP contribution in [0.3, 0.4) is 0 Å². The fourth-order valence-electron chi connectivity index (χ4n) is 1.83. The molecule has 1 fully saturated rings. The van der Waals surface area contributed by atoms with Crippen molar-refractivity contribution in [2.45, 2.75) is 24.6 Å². The number of hydrogen-bond acceptors (Lipinski definition) is 2. The van der Waals surface area contributed by atoms with Crippen molar-refractivity contribution in [2.24, 2.45) is 5.73 Å². The Labute approximate surface area is 114 Å². The third-order valence-electron chi connectivity index (χ3n) is 3.14. The van der Waals surface area contributed by atoms with Crippen molar-refractivity contribution >= 4 is 5.91 Å². The van der Waals surface area contributed by atoms with Crippen LogP contribution in [-0.4, -0.2) is 24.2 Å².